The zero-order chi connectivity index (χ0) is 13.2. The Balaban J connectivity index is 2.74. The van der Waals surface area contributed by atoms with Gasteiger partial charge in [0.2, 0.25) is 5.91 Å². The summed E-state index contributed by atoms with van der Waals surface area (Å²) in [6.45, 7) is 5.82. The Morgan fingerprint density at radius 2 is 2.12 bits per heavy atom. The van der Waals surface area contributed by atoms with E-state index in [9.17, 15) is 9.59 Å². The fourth-order valence-corrected chi connectivity index (χ4v) is 3.14. The van der Waals surface area contributed by atoms with Gasteiger partial charge in [0.15, 0.2) is 0 Å². The summed E-state index contributed by atoms with van der Waals surface area (Å²) < 4.78 is 0. The van der Waals surface area contributed by atoms with Crippen LogP contribution in [-0.4, -0.2) is 45.1 Å². The van der Waals surface area contributed by atoms with Crippen molar-refractivity contribution in [3.63, 3.8) is 0 Å². The molecular weight excluding hydrogens is 240 g/mol. The predicted octanol–water partition coefficient (Wildman–Crippen LogP) is 0.734. The van der Waals surface area contributed by atoms with Crippen LogP contribution < -0.4 is 5.73 Å². The van der Waals surface area contributed by atoms with Gasteiger partial charge < -0.3 is 15.7 Å². The van der Waals surface area contributed by atoms with E-state index in [1.54, 1.807) is 0 Å². The van der Waals surface area contributed by atoms with Crippen LogP contribution >= 0.6 is 11.8 Å². The van der Waals surface area contributed by atoms with Crippen LogP contribution in [0.15, 0.2) is 0 Å². The summed E-state index contributed by atoms with van der Waals surface area (Å²) in [5.74, 6) is -0.435. The van der Waals surface area contributed by atoms with Crippen molar-refractivity contribution in [2.45, 2.75) is 44.6 Å². The van der Waals surface area contributed by atoms with Crippen LogP contribution in [0.2, 0.25) is 0 Å². The van der Waals surface area contributed by atoms with Crippen LogP contribution in [0.1, 0.15) is 27.2 Å². The smallest absolute Gasteiger partial charge is 0.327 e. The number of thioether (sulfide) groups is 1. The predicted molar refractivity (Wildman–Crippen MR) is 67.6 cm³/mol. The molecule has 0 bridgehead atoms. The molecule has 98 valence electrons. The Kier molecular flexibility index (Phi) is 4.82. The summed E-state index contributed by atoms with van der Waals surface area (Å²) in [6, 6.07) is -1.33. The number of carboxylic acids is 1. The van der Waals surface area contributed by atoms with Crippen molar-refractivity contribution in [2.24, 2.45) is 11.7 Å². The second kappa shape index (κ2) is 5.73. The number of aliphatic carboxylic acids is 1. The van der Waals surface area contributed by atoms with Gasteiger partial charge in [0.1, 0.15) is 6.04 Å². The van der Waals surface area contributed by atoms with E-state index in [-0.39, 0.29) is 11.3 Å². The molecule has 1 aliphatic rings. The van der Waals surface area contributed by atoms with Crippen molar-refractivity contribution >= 4 is 23.6 Å². The molecule has 6 heteroatoms. The lowest BCUT2D eigenvalue weighted by molar-refractivity contribution is -0.149. The van der Waals surface area contributed by atoms with Gasteiger partial charge in [-0.3, -0.25) is 4.79 Å². The number of nitrogens with zero attached hydrogens (tertiary/aromatic N) is 1. The quantitative estimate of drug-likeness (QED) is 0.778. The van der Waals surface area contributed by atoms with E-state index in [1.807, 2.05) is 20.8 Å². The number of carboxylic acid groups (broad SMARTS) is 1. The molecule has 1 amide bonds. The zero-order valence-corrected chi connectivity index (χ0v) is 11.2. The molecule has 3 unspecified atom stereocenters. The average Bonchev–Trinajstić information content (AvgIpc) is 2.58. The topological polar surface area (TPSA) is 83.6 Å². The molecule has 5 nitrogen and oxygen atoms in total. The van der Waals surface area contributed by atoms with E-state index < -0.39 is 18.1 Å². The number of hydrogen-bond acceptors (Lipinski definition) is 4. The number of nitrogens with two attached hydrogens (primary N) is 1. The van der Waals surface area contributed by atoms with Gasteiger partial charge in [-0.2, -0.15) is 0 Å². The fourth-order valence-electron chi connectivity index (χ4n) is 1.97. The largest absolute Gasteiger partial charge is 0.480 e. The summed E-state index contributed by atoms with van der Waals surface area (Å²) >= 11 is 1.48. The molecule has 1 rings (SSSR count). The maximum atomic E-state index is 12.1. The summed E-state index contributed by atoms with van der Waals surface area (Å²) in [5.41, 5.74) is 5.83. The van der Waals surface area contributed by atoms with Crippen LogP contribution in [0.4, 0.5) is 0 Å². The molecule has 0 spiro atoms. The number of rotatable bonds is 4. The molecule has 0 aromatic heterocycles. The van der Waals surface area contributed by atoms with Crippen LogP contribution in [0.3, 0.4) is 0 Å². The van der Waals surface area contributed by atoms with E-state index in [4.69, 9.17) is 10.8 Å². The lowest BCUT2D eigenvalue weighted by Gasteiger charge is -2.28. The highest BCUT2D eigenvalue weighted by molar-refractivity contribution is 8.00. The number of carbonyl (C=O) groups excluding carboxylic acids is 1. The van der Waals surface area contributed by atoms with Gasteiger partial charge in [0.05, 0.1) is 11.4 Å². The minimum atomic E-state index is -0.952. The normalized spacial score (nSPS) is 26.3. The standard InChI is InChI=1S/C11H20N2O3S/c1-6(2)4-8(12)10(14)13-7(3)17-5-9(13)11(15)16/h6-9H,4-5,12H2,1-3H3,(H,15,16). The molecule has 1 saturated heterocycles. The molecule has 3 N–H and O–H groups in total. The molecule has 0 aromatic rings. The first-order chi connectivity index (χ1) is 7.84. The van der Waals surface area contributed by atoms with Crippen molar-refractivity contribution in [3.05, 3.63) is 0 Å². The molecule has 1 aliphatic heterocycles. The average molecular weight is 260 g/mol. The highest BCUT2D eigenvalue weighted by atomic mass is 32.2. The summed E-state index contributed by atoms with van der Waals surface area (Å²) in [4.78, 5) is 24.6. The number of hydrogen-bond donors (Lipinski definition) is 2. The lowest BCUT2D eigenvalue weighted by Crippen LogP contribution is -2.51. The van der Waals surface area contributed by atoms with Gasteiger partial charge in [-0.15, -0.1) is 11.8 Å². The molecular formula is C11H20N2O3S. The molecule has 1 heterocycles. The Morgan fingerprint density at radius 1 is 1.53 bits per heavy atom. The zero-order valence-electron chi connectivity index (χ0n) is 10.4. The third-order valence-corrected chi connectivity index (χ3v) is 4.02. The fraction of sp³-hybridized carbons (Fsp3) is 0.818. The van der Waals surface area contributed by atoms with Crippen molar-refractivity contribution in [1.29, 1.82) is 0 Å². The minimum Gasteiger partial charge on any atom is -0.480 e. The van der Waals surface area contributed by atoms with Gasteiger partial charge >= 0.3 is 5.97 Å². The maximum absolute atomic E-state index is 12.1. The van der Waals surface area contributed by atoms with E-state index in [0.29, 0.717) is 18.1 Å². The van der Waals surface area contributed by atoms with E-state index >= 15 is 0 Å². The van der Waals surface area contributed by atoms with Crippen molar-refractivity contribution in [1.82, 2.24) is 4.90 Å². The van der Waals surface area contributed by atoms with E-state index in [2.05, 4.69) is 0 Å². The Bertz CT molecular complexity index is 309. The van der Waals surface area contributed by atoms with Crippen molar-refractivity contribution < 1.29 is 14.7 Å². The summed E-state index contributed by atoms with van der Waals surface area (Å²) in [7, 11) is 0. The van der Waals surface area contributed by atoms with Crippen molar-refractivity contribution in [3.8, 4) is 0 Å². The van der Waals surface area contributed by atoms with Gasteiger partial charge in [-0.25, -0.2) is 4.79 Å². The first-order valence-electron chi connectivity index (χ1n) is 5.76. The second-order valence-corrected chi connectivity index (χ2v) is 6.12. The number of carbonyl (C=O) groups is 2. The van der Waals surface area contributed by atoms with Crippen LogP contribution in [0.25, 0.3) is 0 Å². The molecule has 0 saturated carbocycles. The minimum absolute atomic E-state index is 0.109. The lowest BCUT2D eigenvalue weighted by atomic mass is 10.0. The number of amides is 1. The van der Waals surface area contributed by atoms with Gasteiger partial charge in [-0.05, 0) is 19.3 Å². The first kappa shape index (κ1) is 14.3. The Hall–Kier alpha value is -0.750. The molecule has 0 aromatic carbocycles. The summed E-state index contributed by atoms with van der Waals surface area (Å²) in [5, 5.41) is 8.96. The SMILES string of the molecule is CC(C)CC(N)C(=O)N1C(C)SCC1C(=O)O. The van der Waals surface area contributed by atoms with Crippen LogP contribution in [0.5, 0.6) is 0 Å². The second-order valence-electron chi connectivity index (χ2n) is 4.77. The van der Waals surface area contributed by atoms with Crippen LogP contribution in [0, 0.1) is 5.92 Å². The highest BCUT2D eigenvalue weighted by Gasteiger charge is 2.40. The Morgan fingerprint density at radius 3 is 2.59 bits per heavy atom. The third kappa shape index (κ3) is 3.35. The van der Waals surface area contributed by atoms with Crippen molar-refractivity contribution in [2.75, 3.05) is 5.75 Å². The third-order valence-electron chi connectivity index (χ3n) is 2.80. The summed E-state index contributed by atoms with van der Waals surface area (Å²) in [6.07, 6.45) is 0.582. The molecule has 0 radical (unpaired) electrons. The maximum Gasteiger partial charge on any atom is 0.327 e. The Labute approximate surface area is 106 Å². The van der Waals surface area contributed by atoms with Gasteiger partial charge in [0, 0.05) is 5.75 Å². The van der Waals surface area contributed by atoms with Gasteiger partial charge in [0.25, 0.3) is 0 Å². The van der Waals surface area contributed by atoms with E-state index in [1.165, 1.54) is 16.7 Å². The molecule has 3 atom stereocenters. The monoisotopic (exact) mass is 260 g/mol. The van der Waals surface area contributed by atoms with Crippen LogP contribution in [-0.2, 0) is 9.59 Å². The molecule has 1 fully saturated rings. The first-order valence-corrected chi connectivity index (χ1v) is 6.81. The molecule has 0 aliphatic carbocycles. The molecule has 17 heavy (non-hydrogen) atoms. The van der Waals surface area contributed by atoms with E-state index in [0.717, 1.165) is 0 Å². The van der Waals surface area contributed by atoms with Gasteiger partial charge in [-0.1, -0.05) is 13.8 Å². The highest BCUT2D eigenvalue weighted by Crippen LogP contribution is 2.29.